The Kier molecular flexibility index (Phi) is 5.76. The predicted octanol–water partition coefficient (Wildman–Crippen LogP) is 4.06. The first-order valence-corrected chi connectivity index (χ1v) is 8.19. The number of likely N-dealkylation sites (N-methyl/N-ethyl adjacent to an activating group) is 1. The second kappa shape index (κ2) is 7.57. The summed E-state index contributed by atoms with van der Waals surface area (Å²) in [6.45, 7) is 5.70. The van der Waals surface area contributed by atoms with Gasteiger partial charge < -0.3 is 10.2 Å². The first-order chi connectivity index (χ1) is 10.1. The lowest BCUT2D eigenvalue weighted by atomic mass is 10.1. The smallest absolute Gasteiger partial charge is 0.146 e. The van der Waals surface area contributed by atoms with Crippen molar-refractivity contribution in [2.24, 2.45) is 0 Å². The van der Waals surface area contributed by atoms with Gasteiger partial charge in [-0.05, 0) is 35.6 Å². The largest absolute Gasteiger partial charge is 0.372 e. The highest BCUT2D eigenvalue weighted by atomic mass is 32.1. The van der Waals surface area contributed by atoms with Crippen molar-refractivity contribution >= 4 is 17.0 Å². The van der Waals surface area contributed by atoms with E-state index < -0.39 is 0 Å². The SMILES string of the molecule is CC(C)NCc1ccc(N(C)CCc2cccs2)c(F)c1. The van der Waals surface area contributed by atoms with Gasteiger partial charge in [0.15, 0.2) is 0 Å². The Morgan fingerprint density at radius 1 is 1.29 bits per heavy atom. The summed E-state index contributed by atoms with van der Waals surface area (Å²) in [7, 11) is 1.94. The fourth-order valence-electron chi connectivity index (χ4n) is 2.15. The first-order valence-electron chi connectivity index (χ1n) is 7.31. The van der Waals surface area contributed by atoms with E-state index in [0.29, 0.717) is 18.3 Å². The zero-order valence-electron chi connectivity index (χ0n) is 12.9. The molecule has 0 saturated heterocycles. The van der Waals surface area contributed by atoms with E-state index in [1.165, 1.54) is 4.88 Å². The zero-order chi connectivity index (χ0) is 15.2. The van der Waals surface area contributed by atoms with E-state index in [1.807, 2.05) is 24.1 Å². The Hall–Kier alpha value is -1.39. The number of hydrogen-bond acceptors (Lipinski definition) is 3. The molecule has 0 fully saturated rings. The van der Waals surface area contributed by atoms with Crippen molar-refractivity contribution in [3.63, 3.8) is 0 Å². The summed E-state index contributed by atoms with van der Waals surface area (Å²) in [6, 6.07) is 10.1. The fraction of sp³-hybridized carbons (Fsp3) is 0.412. The van der Waals surface area contributed by atoms with Gasteiger partial charge in [0.2, 0.25) is 0 Å². The number of nitrogens with zero attached hydrogens (tertiary/aromatic N) is 1. The maximum atomic E-state index is 14.2. The van der Waals surface area contributed by atoms with Crippen LogP contribution >= 0.6 is 11.3 Å². The van der Waals surface area contributed by atoms with Crippen LogP contribution in [-0.4, -0.2) is 19.6 Å². The molecule has 0 atom stereocenters. The molecular formula is C17H23FN2S. The van der Waals surface area contributed by atoms with Crippen LogP contribution in [0.2, 0.25) is 0 Å². The summed E-state index contributed by atoms with van der Waals surface area (Å²) in [4.78, 5) is 3.31. The Balaban J connectivity index is 1.95. The number of halogens is 1. The minimum Gasteiger partial charge on any atom is -0.372 e. The van der Waals surface area contributed by atoms with Crippen molar-refractivity contribution in [1.82, 2.24) is 5.32 Å². The number of anilines is 1. The van der Waals surface area contributed by atoms with Gasteiger partial charge in [0.05, 0.1) is 5.69 Å². The Bertz CT molecular complexity index is 552. The molecule has 0 aliphatic heterocycles. The van der Waals surface area contributed by atoms with Crippen LogP contribution in [-0.2, 0) is 13.0 Å². The summed E-state index contributed by atoms with van der Waals surface area (Å²) in [5.41, 5.74) is 1.65. The molecule has 0 saturated carbocycles. The third kappa shape index (κ3) is 4.83. The average molecular weight is 306 g/mol. The molecule has 114 valence electrons. The molecule has 2 nitrogen and oxygen atoms in total. The van der Waals surface area contributed by atoms with Crippen LogP contribution < -0.4 is 10.2 Å². The Morgan fingerprint density at radius 3 is 2.71 bits per heavy atom. The van der Waals surface area contributed by atoms with Crippen molar-refractivity contribution in [3.05, 3.63) is 52.0 Å². The Morgan fingerprint density at radius 2 is 2.10 bits per heavy atom. The van der Waals surface area contributed by atoms with E-state index in [0.717, 1.165) is 18.5 Å². The second-order valence-corrected chi connectivity index (χ2v) is 6.60. The van der Waals surface area contributed by atoms with Crippen molar-refractivity contribution in [2.45, 2.75) is 32.9 Å². The van der Waals surface area contributed by atoms with E-state index in [2.05, 4.69) is 36.7 Å². The predicted molar refractivity (Wildman–Crippen MR) is 89.7 cm³/mol. The molecule has 1 aromatic carbocycles. The normalized spacial score (nSPS) is 11.1. The van der Waals surface area contributed by atoms with E-state index in [1.54, 1.807) is 17.4 Å². The van der Waals surface area contributed by atoms with Crippen LogP contribution in [0.5, 0.6) is 0 Å². The summed E-state index contributed by atoms with van der Waals surface area (Å²) in [5.74, 6) is -0.147. The van der Waals surface area contributed by atoms with Crippen LogP contribution in [0.3, 0.4) is 0 Å². The highest BCUT2D eigenvalue weighted by Gasteiger charge is 2.09. The van der Waals surface area contributed by atoms with Gasteiger partial charge in [-0.25, -0.2) is 4.39 Å². The molecule has 4 heteroatoms. The molecule has 1 N–H and O–H groups in total. The van der Waals surface area contributed by atoms with Gasteiger partial charge in [0.25, 0.3) is 0 Å². The van der Waals surface area contributed by atoms with Crippen molar-refractivity contribution in [1.29, 1.82) is 0 Å². The third-order valence-corrected chi connectivity index (χ3v) is 4.35. The molecule has 0 aliphatic rings. The number of rotatable bonds is 7. The van der Waals surface area contributed by atoms with Gasteiger partial charge >= 0.3 is 0 Å². The van der Waals surface area contributed by atoms with Gasteiger partial charge in [0.1, 0.15) is 5.82 Å². The van der Waals surface area contributed by atoms with Crippen molar-refractivity contribution in [3.8, 4) is 0 Å². The minimum atomic E-state index is -0.147. The summed E-state index contributed by atoms with van der Waals surface area (Å²) < 4.78 is 14.2. The molecule has 2 aromatic rings. The van der Waals surface area contributed by atoms with Crippen LogP contribution in [0.15, 0.2) is 35.7 Å². The standard InChI is InChI=1S/C17H23FN2S/c1-13(2)19-12-14-6-7-17(16(18)11-14)20(3)9-8-15-5-4-10-21-15/h4-7,10-11,13,19H,8-9,12H2,1-3H3. The molecule has 1 heterocycles. The molecule has 2 rings (SSSR count). The van der Waals surface area contributed by atoms with Gasteiger partial charge in [-0.3, -0.25) is 0 Å². The monoisotopic (exact) mass is 306 g/mol. The quantitative estimate of drug-likeness (QED) is 0.829. The number of thiophene rings is 1. The summed E-state index contributed by atoms with van der Waals surface area (Å²) >= 11 is 1.75. The third-order valence-electron chi connectivity index (χ3n) is 3.41. The molecule has 0 spiro atoms. The summed E-state index contributed by atoms with van der Waals surface area (Å²) in [6.07, 6.45) is 0.949. The highest BCUT2D eigenvalue weighted by Crippen LogP contribution is 2.20. The fourth-order valence-corrected chi connectivity index (χ4v) is 2.84. The van der Waals surface area contributed by atoms with E-state index in [4.69, 9.17) is 0 Å². The van der Waals surface area contributed by atoms with Crippen LogP contribution in [0, 0.1) is 5.82 Å². The van der Waals surface area contributed by atoms with E-state index in [-0.39, 0.29) is 5.82 Å². The van der Waals surface area contributed by atoms with Crippen LogP contribution in [0.1, 0.15) is 24.3 Å². The molecule has 0 bridgehead atoms. The molecular weight excluding hydrogens is 283 g/mol. The van der Waals surface area contributed by atoms with Gasteiger partial charge in [-0.2, -0.15) is 0 Å². The van der Waals surface area contributed by atoms with Crippen LogP contribution in [0.4, 0.5) is 10.1 Å². The average Bonchev–Trinajstić information content (AvgIpc) is 2.96. The maximum Gasteiger partial charge on any atom is 0.146 e. The second-order valence-electron chi connectivity index (χ2n) is 5.57. The first kappa shape index (κ1) is 16.0. The van der Waals surface area contributed by atoms with E-state index in [9.17, 15) is 4.39 Å². The minimum absolute atomic E-state index is 0.147. The topological polar surface area (TPSA) is 15.3 Å². The van der Waals surface area contributed by atoms with Gasteiger partial charge in [0, 0.05) is 31.1 Å². The summed E-state index contributed by atoms with van der Waals surface area (Å²) in [5, 5.41) is 5.38. The molecule has 0 radical (unpaired) electrons. The molecule has 0 amide bonds. The zero-order valence-corrected chi connectivity index (χ0v) is 13.7. The van der Waals surface area contributed by atoms with Gasteiger partial charge in [-0.15, -0.1) is 11.3 Å². The van der Waals surface area contributed by atoms with E-state index >= 15 is 0 Å². The number of hydrogen-bond donors (Lipinski definition) is 1. The molecule has 21 heavy (non-hydrogen) atoms. The lowest BCUT2D eigenvalue weighted by molar-refractivity contribution is 0.581. The highest BCUT2D eigenvalue weighted by molar-refractivity contribution is 7.09. The number of benzene rings is 1. The van der Waals surface area contributed by atoms with Crippen LogP contribution in [0.25, 0.3) is 0 Å². The number of nitrogens with one attached hydrogen (secondary N) is 1. The van der Waals surface area contributed by atoms with Crippen molar-refractivity contribution < 1.29 is 4.39 Å². The van der Waals surface area contributed by atoms with Gasteiger partial charge in [-0.1, -0.05) is 26.0 Å². The lowest BCUT2D eigenvalue weighted by Crippen LogP contribution is -2.23. The molecule has 1 aromatic heterocycles. The lowest BCUT2D eigenvalue weighted by Gasteiger charge is -2.20. The Labute approximate surface area is 130 Å². The molecule has 0 aliphatic carbocycles. The molecule has 0 unspecified atom stereocenters. The van der Waals surface area contributed by atoms with Crippen molar-refractivity contribution in [2.75, 3.05) is 18.5 Å². The maximum absolute atomic E-state index is 14.2.